The van der Waals surface area contributed by atoms with Crippen LogP contribution >= 0.6 is 0 Å². The molecule has 0 radical (unpaired) electrons. The number of benzene rings is 1. The lowest BCUT2D eigenvalue weighted by atomic mass is 9.94. The van der Waals surface area contributed by atoms with Crippen molar-refractivity contribution in [1.82, 2.24) is 15.1 Å². The van der Waals surface area contributed by atoms with E-state index in [2.05, 4.69) is 10.2 Å². The van der Waals surface area contributed by atoms with Crippen molar-refractivity contribution in [3.63, 3.8) is 0 Å². The van der Waals surface area contributed by atoms with Crippen molar-refractivity contribution in [2.45, 2.75) is 49.5 Å². The second kappa shape index (κ2) is 9.03. The van der Waals surface area contributed by atoms with Crippen LogP contribution in [-0.4, -0.2) is 63.0 Å². The Hall–Kier alpha value is -1.64. The van der Waals surface area contributed by atoms with Crippen molar-refractivity contribution in [3.05, 3.63) is 29.8 Å². The molecule has 0 bridgehead atoms. The predicted octanol–water partition coefficient (Wildman–Crippen LogP) is 1.54. The lowest BCUT2D eigenvalue weighted by Gasteiger charge is -2.40. The first-order valence-corrected chi connectivity index (χ1v) is 11.4. The number of nitrogens with one attached hydrogen (secondary N) is 1. The van der Waals surface area contributed by atoms with E-state index in [1.54, 1.807) is 12.1 Å². The fourth-order valence-electron chi connectivity index (χ4n) is 4.01. The Kier molecular flexibility index (Phi) is 6.73. The third kappa shape index (κ3) is 5.67. The second-order valence-corrected chi connectivity index (χ2v) is 9.05. The van der Waals surface area contributed by atoms with Gasteiger partial charge >= 0.3 is 6.03 Å². The van der Waals surface area contributed by atoms with E-state index >= 15 is 0 Å². The number of nitrogens with two attached hydrogens (primary N) is 1. The van der Waals surface area contributed by atoms with Gasteiger partial charge in [0, 0.05) is 38.8 Å². The molecule has 150 valence electrons. The summed E-state index contributed by atoms with van der Waals surface area (Å²) in [6, 6.07) is 7.15. The number of rotatable bonds is 5. The predicted molar refractivity (Wildman–Crippen MR) is 105 cm³/mol. The molecule has 2 amide bonds. The van der Waals surface area contributed by atoms with Crippen LogP contribution in [0.2, 0.25) is 0 Å². The third-order valence-electron chi connectivity index (χ3n) is 5.63. The van der Waals surface area contributed by atoms with Crippen LogP contribution in [0.1, 0.15) is 37.7 Å². The van der Waals surface area contributed by atoms with Crippen molar-refractivity contribution in [1.29, 1.82) is 0 Å². The molecule has 0 aromatic heterocycles. The van der Waals surface area contributed by atoms with Gasteiger partial charge in [0.15, 0.2) is 0 Å². The van der Waals surface area contributed by atoms with Crippen LogP contribution in [0.5, 0.6) is 0 Å². The van der Waals surface area contributed by atoms with E-state index in [4.69, 9.17) is 5.14 Å². The molecule has 0 unspecified atom stereocenters. The van der Waals surface area contributed by atoms with Crippen LogP contribution in [0.25, 0.3) is 0 Å². The van der Waals surface area contributed by atoms with Crippen LogP contribution in [0.4, 0.5) is 4.79 Å². The fraction of sp³-hybridized carbons (Fsp3) is 0.632. The van der Waals surface area contributed by atoms with Crippen molar-refractivity contribution in [3.8, 4) is 0 Å². The zero-order valence-corrected chi connectivity index (χ0v) is 16.6. The number of hydrogen-bond acceptors (Lipinski definition) is 4. The highest BCUT2D eigenvalue weighted by Gasteiger charge is 2.26. The Morgan fingerprint density at radius 1 is 1.04 bits per heavy atom. The minimum Gasteiger partial charge on any atom is -0.338 e. The van der Waals surface area contributed by atoms with E-state index in [1.165, 1.54) is 44.2 Å². The summed E-state index contributed by atoms with van der Waals surface area (Å²) in [5, 5.41) is 8.06. The van der Waals surface area contributed by atoms with Gasteiger partial charge in [-0.1, -0.05) is 31.4 Å². The van der Waals surface area contributed by atoms with Gasteiger partial charge in [-0.2, -0.15) is 0 Å². The summed E-state index contributed by atoms with van der Waals surface area (Å²) in [4.78, 5) is 16.9. The molecule has 1 aliphatic carbocycles. The zero-order valence-electron chi connectivity index (χ0n) is 15.8. The molecule has 2 fully saturated rings. The molecule has 1 saturated heterocycles. The smallest absolute Gasteiger partial charge is 0.317 e. The summed E-state index contributed by atoms with van der Waals surface area (Å²) in [6.07, 6.45) is 7.29. The normalized spacial score (nSPS) is 19.8. The standard InChI is InChI=1S/C19H30N4O3S/c20-27(25,26)18-8-6-16(7-9-18)10-11-21-19(24)23-14-12-22(13-15-23)17-4-2-1-3-5-17/h6-9,17H,1-5,10-15H2,(H,21,24)(H2,20,25,26). The maximum absolute atomic E-state index is 12.4. The highest BCUT2D eigenvalue weighted by atomic mass is 32.2. The Balaban J connectivity index is 1.38. The summed E-state index contributed by atoms with van der Waals surface area (Å²) < 4.78 is 22.5. The van der Waals surface area contributed by atoms with Crippen LogP contribution in [-0.2, 0) is 16.4 Å². The molecule has 1 aliphatic heterocycles. The van der Waals surface area contributed by atoms with Crippen LogP contribution in [0, 0.1) is 0 Å². The molecule has 3 rings (SSSR count). The Labute approximate surface area is 161 Å². The first-order valence-electron chi connectivity index (χ1n) is 9.82. The van der Waals surface area contributed by atoms with Crippen molar-refractivity contribution in [2.24, 2.45) is 5.14 Å². The molecular formula is C19H30N4O3S. The number of primary sulfonamides is 1. The van der Waals surface area contributed by atoms with Crippen molar-refractivity contribution < 1.29 is 13.2 Å². The van der Waals surface area contributed by atoms with E-state index in [1.807, 2.05) is 4.90 Å². The van der Waals surface area contributed by atoms with Crippen LogP contribution < -0.4 is 10.5 Å². The summed E-state index contributed by atoms with van der Waals surface area (Å²) >= 11 is 0. The monoisotopic (exact) mass is 394 g/mol. The van der Waals surface area contributed by atoms with Crippen molar-refractivity contribution in [2.75, 3.05) is 32.7 Å². The molecule has 0 atom stereocenters. The molecule has 3 N–H and O–H groups in total. The van der Waals surface area contributed by atoms with E-state index < -0.39 is 10.0 Å². The largest absolute Gasteiger partial charge is 0.338 e. The number of hydrogen-bond donors (Lipinski definition) is 2. The first kappa shape index (κ1) is 20.1. The van der Waals surface area contributed by atoms with Gasteiger partial charge < -0.3 is 10.2 Å². The molecule has 1 saturated carbocycles. The topological polar surface area (TPSA) is 95.7 Å². The summed E-state index contributed by atoms with van der Waals surface area (Å²) in [5.41, 5.74) is 0.963. The number of piperazine rings is 1. The number of urea groups is 1. The van der Waals surface area contributed by atoms with Gasteiger partial charge in [-0.15, -0.1) is 0 Å². The van der Waals surface area contributed by atoms with Gasteiger partial charge in [-0.05, 0) is 37.0 Å². The number of carbonyl (C=O) groups is 1. The Morgan fingerprint density at radius 2 is 1.67 bits per heavy atom. The first-order chi connectivity index (χ1) is 12.9. The minimum atomic E-state index is -3.66. The number of nitrogens with zero attached hydrogens (tertiary/aromatic N) is 2. The molecule has 7 nitrogen and oxygen atoms in total. The average molecular weight is 395 g/mol. The van der Waals surface area contributed by atoms with Crippen molar-refractivity contribution >= 4 is 16.1 Å². The quantitative estimate of drug-likeness (QED) is 0.792. The molecule has 27 heavy (non-hydrogen) atoms. The summed E-state index contributed by atoms with van der Waals surface area (Å²) in [7, 11) is -3.66. The van der Waals surface area contributed by atoms with Gasteiger partial charge in [-0.25, -0.2) is 18.4 Å². The van der Waals surface area contributed by atoms with Gasteiger partial charge in [0.05, 0.1) is 4.90 Å². The highest BCUT2D eigenvalue weighted by Crippen LogP contribution is 2.23. The highest BCUT2D eigenvalue weighted by molar-refractivity contribution is 7.89. The second-order valence-electron chi connectivity index (χ2n) is 7.49. The van der Waals surface area contributed by atoms with Gasteiger partial charge in [-0.3, -0.25) is 4.90 Å². The van der Waals surface area contributed by atoms with E-state index in [0.29, 0.717) is 19.0 Å². The number of amides is 2. The lowest BCUT2D eigenvalue weighted by Crippen LogP contribution is -2.54. The maximum atomic E-state index is 12.4. The summed E-state index contributed by atoms with van der Waals surface area (Å²) in [6.45, 7) is 4.02. The zero-order chi connectivity index (χ0) is 19.3. The maximum Gasteiger partial charge on any atom is 0.317 e. The minimum absolute atomic E-state index is 0.0144. The molecule has 2 aliphatic rings. The molecular weight excluding hydrogens is 364 g/mol. The summed E-state index contributed by atoms with van der Waals surface area (Å²) in [5.74, 6) is 0. The van der Waals surface area contributed by atoms with Gasteiger partial charge in [0.2, 0.25) is 10.0 Å². The van der Waals surface area contributed by atoms with Crippen LogP contribution in [0.15, 0.2) is 29.2 Å². The van der Waals surface area contributed by atoms with E-state index in [-0.39, 0.29) is 10.9 Å². The SMILES string of the molecule is NS(=O)(=O)c1ccc(CCNC(=O)N2CCN(C3CCCCC3)CC2)cc1. The Bertz CT molecular complexity index is 722. The molecule has 1 aromatic rings. The fourth-order valence-corrected chi connectivity index (χ4v) is 4.52. The van der Waals surface area contributed by atoms with E-state index in [0.717, 1.165) is 31.7 Å². The third-order valence-corrected chi connectivity index (χ3v) is 6.56. The molecule has 1 heterocycles. The number of carbonyl (C=O) groups excluding carboxylic acids is 1. The number of sulfonamides is 1. The molecule has 0 spiro atoms. The molecule has 1 aromatic carbocycles. The lowest BCUT2D eigenvalue weighted by molar-refractivity contribution is 0.0907. The Morgan fingerprint density at radius 3 is 2.26 bits per heavy atom. The van der Waals surface area contributed by atoms with Crippen LogP contribution in [0.3, 0.4) is 0 Å². The average Bonchev–Trinajstić information content (AvgIpc) is 2.68. The molecule has 8 heteroatoms. The van der Waals surface area contributed by atoms with Gasteiger partial charge in [0.25, 0.3) is 0 Å². The van der Waals surface area contributed by atoms with E-state index in [9.17, 15) is 13.2 Å². The van der Waals surface area contributed by atoms with Gasteiger partial charge in [0.1, 0.15) is 0 Å².